The average Bonchev–Trinajstić information content (AvgIpc) is 3.07. The summed E-state index contributed by atoms with van der Waals surface area (Å²) >= 11 is 0. The Balaban J connectivity index is 1.82. The maximum absolute atomic E-state index is 13.6. The van der Waals surface area contributed by atoms with Gasteiger partial charge in [0.2, 0.25) is 0 Å². The third-order valence-corrected chi connectivity index (χ3v) is 6.34. The smallest absolute Gasteiger partial charge is 0.266 e. The fourth-order valence-corrected chi connectivity index (χ4v) is 4.60. The predicted octanol–water partition coefficient (Wildman–Crippen LogP) is 3.74. The number of benzene rings is 2. The fraction of sp³-hybridized carbons (Fsp3) is 0.143. The van der Waals surface area contributed by atoms with E-state index in [2.05, 4.69) is 10.2 Å². The van der Waals surface area contributed by atoms with Gasteiger partial charge in [-0.25, -0.2) is 8.42 Å². The summed E-state index contributed by atoms with van der Waals surface area (Å²) < 4.78 is 30.3. The predicted molar refractivity (Wildman–Crippen MR) is 109 cm³/mol. The van der Waals surface area contributed by atoms with Crippen LogP contribution in [0.2, 0.25) is 0 Å². The lowest BCUT2D eigenvalue weighted by Crippen LogP contribution is -2.30. The normalized spacial score (nSPS) is 11.6. The van der Waals surface area contributed by atoms with Crippen LogP contribution in [0.4, 0.5) is 5.69 Å². The minimum atomic E-state index is -3.79. The van der Waals surface area contributed by atoms with E-state index in [0.29, 0.717) is 17.2 Å². The first-order chi connectivity index (χ1) is 13.4. The number of hydrogen-bond acceptors (Lipinski definition) is 4. The van der Waals surface area contributed by atoms with Crippen molar-refractivity contribution in [2.75, 3.05) is 4.31 Å². The first kappa shape index (κ1) is 18.2. The Morgan fingerprint density at radius 3 is 2.46 bits per heavy atom. The average molecular weight is 392 g/mol. The monoisotopic (exact) mass is 392 g/mol. The van der Waals surface area contributed by atoms with Crippen molar-refractivity contribution in [3.8, 4) is 0 Å². The van der Waals surface area contributed by atoms with Gasteiger partial charge in [-0.3, -0.25) is 8.71 Å². The first-order valence-electron chi connectivity index (χ1n) is 8.90. The maximum Gasteiger partial charge on any atom is 0.266 e. The summed E-state index contributed by atoms with van der Waals surface area (Å²) in [6.07, 6.45) is 1.58. The zero-order valence-corrected chi connectivity index (χ0v) is 16.5. The molecule has 0 saturated carbocycles. The van der Waals surface area contributed by atoms with Crippen molar-refractivity contribution in [2.24, 2.45) is 0 Å². The van der Waals surface area contributed by atoms with Gasteiger partial charge in [-0.1, -0.05) is 48.0 Å². The number of nitrogens with zero attached hydrogens (tertiary/aromatic N) is 4. The van der Waals surface area contributed by atoms with Crippen molar-refractivity contribution in [1.29, 1.82) is 0 Å². The van der Waals surface area contributed by atoms with Gasteiger partial charge in [0.05, 0.1) is 12.2 Å². The highest BCUT2D eigenvalue weighted by Crippen LogP contribution is 2.26. The molecule has 28 heavy (non-hydrogen) atoms. The summed E-state index contributed by atoms with van der Waals surface area (Å²) in [5.74, 6) is 0.636. The van der Waals surface area contributed by atoms with Gasteiger partial charge in [0, 0.05) is 6.20 Å². The van der Waals surface area contributed by atoms with Crippen molar-refractivity contribution in [2.45, 2.75) is 25.3 Å². The molecule has 6 nitrogen and oxygen atoms in total. The summed E-state index contributed by atoms with van der Waals surface area (Å²) in [4.78, 5) is 0.194. The Morgan fingerprint density at radius 2 is 1.71 bits per heavy atom. The zero-order chi connectivity index (χ0) is 19.7. The van der Waals surface area contributed by atoms with Crippen LogP contribution in [0, 0.1) is 13.8 Å². The fourth-order valence-electron chi connectivity index (χ4n) is 3.15. The Hall–Kier alpha value is -3.19. The second-order valence-electron chi connectivity index (χ2n) is 6.68. The van der Waals surface area contributed by atoms with E-state index in [1.54, 1.807) is 41.8 Å². The zero-order valence-electron chi connectivity index (χ0n) is 15.6. The van der Waals surface area contributed by atoms with Crippen LogP contribution in [-0.4, -0.2) is 23.0 Å². The Morgan fingerprint density at radius 1 is 0.929 bits per heavy atom. The van der Waals surface area contributed by atoms with Crippen LogP contribution in [0.15, 0.2) is 77.8 Å². The largest absolute Gasteiger partial charge is 0.285 e. The van der Waals surface area contributed by atoms with Crippen LogP contribution in [0.5, 0.6) is 0 Å². The summed E-state index contributed by atoms with van der Waals surface area (Å²) in [6.45, 7) is 4.03. The van der Waals surface area contributed by atoms with E-state index in [1.807, 2.05) is 49.4 Å². The summed E-state index contributed by atoms with van der Waals surface area (Å²) in [7, 11) is -3.79. The third-order valence-electron chi connectivity index (χ3n) is 4.59. The van der Waals surface area contributed by atoms with E-state index in [4.69, 9.17) is 0 Å². The molecule has 0 aliphatic carbocycles. The van der Waals surface area contributed by atoms with Crippen LogP contribution in [0.25, 0.3) is 5.65 Å². The molecule has 0 unspecified atom stereocenters. The summed E-state index contributed by atoms with van der Waals surface area (Å²) in [5.41, 5.74) is 3.24. The molecule has 0 spiro atoms. The number of rotatable bonds is 5. The van der Waals surface area contributed by atoms with E-state index < -0.39 is 10.0 Å². The molecule has 0 aliphatic heterocycles. The van der Waals surface area contributed by atoms with E-state index in [1.165, 1.54) is 4.31 Å². The number of pyridine rings is 1. The molecule has 2 aromatic heterocycles. The summed E-state index contributed by atoms with van der Waals surface area (Å²) in [5, 5.41) is 8.03. The minimum absolute atomic E-state index is 0.194. The van der Waals surface area contributed by atoms with E-state index in [0.717, 1.165) is 11.1 Å². The van der Waals surface area contributed by atoms with Crippen LogP contribution >= 0.6 is 0 Å². The Labute approximate surface area is 164 Å². The topological polar surface area (TPSA) is 67.6 Å². The Kier molecular flexibility index (Phi) is 4.60. The quantitative estimate of drug-likeness (QED) is 0.519. The highest BCUT2D eigenvalue weighted by atomic mass is 32.2. The lowest BCUT2D eigenvalue weighted by molar-refractivity contribution is 0.590. The molecule has 0 saturated heterocycles. The lowest BCUT2D eigenvalue weighted by Gasteiger charge is -2.25. The number of aromatic nitrogens is 3. The second kappa shape index (κ2) is 7.09. The minimum Gasteiger partial charge on any atom is -0.285 e. The number of para-hydroxylation sites is 1. The van der Waals surface area contributed by atoms with Crippen LogP contribution in [-0.2, 0) is 16.6 Å². The number of sulfonamides is 1. The molecule has 4 rings (SSSR count). The molecule has 0 amide bonds. The standard InChI is InChI=1S/C21H20N4O2S/c1-16-7-6-8-18(13-16)14-25(19-9-4-3-5-10-19)28(26,27)20-11-12-21-23-22-17(2)24(21)15-20/h3-13,15H,14H2,1-2H3. The molecule has 0 bridgehead atoms. The first-order valence-corrected chi connectivity index (χ1v) is 10.3. The van der Waals surface area contributed by atoms with Crippen molar-refractivity contribution >= 4 is 21.4 Å². The van der Waals surface area contributed by atoms with Crippen LogP contribution < -0.4 is 4.31 Å². The third kappa shape index (κ3) is 3.36. The molecule has 142 valence electrons. The molecule has 0 radical (unpaired) electrons. The van der Waals surface area contributed by atoms with E-state index in [9.17, 15) is 8.42 Å². The number of fused-ring (bicyclic) bond motifs is 1. The number of anilines is 1. The molecule has 0 aliphatic rings. The number of hydrogen-bond donors (Lipinski definition) is 0. The second-order valence-corrected chi connectivity index (χ2v) is 8.54. The molecule has 0 fully saturated rings. The van der Waals surface area contributed by atoms with Gasteiger partial charge in [-0.2, -0.15) is 0 Å². The maximum atomic E-state index is 13.6. The molecule has 2 aromatic carbocycles. The number of aryl methyl sites for hydroxylation is 2. The van der Waals surface area contributed by atoms with Crippen molar-refractivity contribution in [1.82, 2.24) is 14.6 Å². The molecule has 2 heterocycles. The molecule has 4 aromatic rings. The van der Waals surface area contributed by atoms with Gasteiger partial charge in [-0.05, 0) is 43.7 Å². The molecule has 0 N–H and O–H groups in total. The molecular formula is C21H20N4O2S. The lowest BCUT2D eigenvalue weighted by atomic mass is 10.1. The van der Waals surface area contributed by atoms with E-state index in [-0.39, 0.29) is 11.4 Å². The van der Waals surface area contributed by atoms with Gasteiger partial charge < -0.3 is 0 Å². The SMILES string of the molecule is Cc1cccc(CN(c2ccccc2)S(=O)(=O)c2ccc3nnc(C)n3c2)c1. The Bertz CT molecular complexity index is 1230. The van der Waals surface area contributed by atoms with Crippen LogP contribution in [0.3, 0.4) is 0 Å². The van der Waals surface area contributed by atoms with Crippen molar-refractivity contribution in [3.05, 3.63) is 89.9 Å². The highest BCUT2D eigenvalue weighted by Gasteiger charge is 2.26. The van der Waals surface area contributed by atoms with E-state index >= 15 is 0 Å². The molecular weight excluding hydrogens is 372 g/mol. The van der Waals surface area contributed by atoms with Crippen molar-refractivity contribution in [3.63, 3.8) is 0 Å². The van der Waals surface area contributed by atoms with Gasteiger partial charge in [0.25, 0.3) is 10.0 Å². The molecule has 7 heteroatoms. The van der Waals surface area contributed by atoms with Gasteiger partial charge >= 0.3 is 0 Å². The van der Waals surface area contributed by atoms with Crippen LogP contribution in [0.1, 0.15) is 17.0 Å². The summed E-state index contributed by atoms with van der Waals surface area (Å²) in [6, 6.07) is 20.3. The van der Waals surface area contributed by atoms with Gasteiger partial charge in [0.1, 0.15) is 10.7 Å². The van der Waals surface area contributed by atoms with Gasteiger partial charge in [0.15, 0.2) is 5.65 Å². The molecule has 0 atom stereocenters. The highest BCUT2D eigenvalue weighted by molar-refractivity contribution is 7.92. The van der Waals surface area contributed by atoms with Gasteiger partial charge in [-0.15, -0.1) is 10.2 Å². The van der Waals surface area contributed by atoms with Crippen molar-refractivity contribution < 1.29 is 8.42 Å².